The predicted molar refractivity (Wildman–Crippen MR) is 96.2 cm³/mol. The number of methoxy groups -OCH3 is 1. The van der Waals surface area contributed by atoms with E-state index in [0.717, 1.165) is 28.2 Å². The highest BCUT2D eigenvalue weighted by molar-refractivity contribution is 9.10. The van der Waals surface area contributed by atoms with Gasteiger partial charge in [-0.05, 0) is 17.7 Å². The maximum Gasteiger partial charge on any atom is 0.331 e. The molecular weight excluding hydrogens is 394 g/mol. The normalized spacial score (nSPS) is 20.0. The van der Waals surface area contributed by atoms with Crippen LogP contribution in [0.25, 0.3) is 5.57 Å². The van der Waals surface area contributed by atoms with E-state index in [-0.39, 0.29) is 5.78 Å². The summed E-state index contributed by atoms with van der Waals surface area (Å²) in [5, 5.41) is 0.876. The third-order valence-corrected chi connectivity index (χ3v) is 5.46. The van der Waals surface area contributed by atoms with Gasteiger partial charge in [0.25, 0.3) is 0 Å². The second kappa shape index (κ2) is 7.55. The molecule has 0 saturated carbocycles. The molecule has 1 fully saturated rings. The van der Waals surface area contributed by atoms with Crippen molar-refractivity contribution in [2.45, 2.75) is 0 Å². The molecule has 0 amide bonds. The summed E-state index contributed by atoms with van der Waals surface area (Å²) in [6.07, 6.45) is 1.26. The average molecular weight is 410 g/mol. The summed E-state index contributed by atoms with van der Waals surface area (Å²) in [5.41, 5.74) is 1.47. The highest BCUT2D eigenvalue weighted by atomic mass is 79.9. The molecule has 1 saturated heterocycles. The molecule has 5 nitrogen and oxygen atoms in total. The Bertz CT molecular complexity index is 721. The van der Waals surface area contributed by atoms with Crippen molar-refractivity contribution in [3.05, 3.63) is 50.3 Å². The third kappa shape index (κ3) is 3.58. The largest absolute Gasteiger partial charge is 0.466 e. The van der Waals surface area contributed by atoms with Crippen molar-refractivity contribution in [2.24, 2.45) is 0 Å². The fourth-order valence-electron chi connectivity index (χ4n) is 2.54. The number of ketones is 1. The van der Waals surface area contributed by atoms with Gasteiger partial charge in [-0.3, -0.25) is 4.79 Å². The first kappa shape index (κ1) is 17.3. The van der Waals surface area contributed by atoms with Crippen LogP contribution in [0, 0.1) is 0 Å². The summed E-state index contributed by atoms with van der Waals surface area (Å²) in [5.74, 6) is -0.668. The SMILES string of the molecule is COC(=O)/C=C1\SC(N2CCOCC2)=C(c2ccc(Br)cc2)C1=O. The van der Waals surface area contributed by atoms with E-state index >= 15 is 0 Å². The van der Waals surface area contributed by atoms with E-state index in [1.807, 2.05) is 24.3 Å². The van der Waals surface area contributed by atoms with Gasteiger partial charge in [0, 0.05) is 23.6 Å². The van der Waals surface area contributed by atoms with Crippen LogP contribution < -0.4 is 0 Å². The monoisotopic (exact) mass is 409 g/mol. The van der Waals surface area contributed by atoms with Crippen molar-refractivity contribution in [3.8, 4) is 0 Å². The van der Waals surface area contributed by atoms with E-state index in [2.05, 4.69) is 25.6 Å². The number of esters is 1. The Hall–Kier alpha value is -1.57. The molecule has 1 aromatic carbocycles. The van der Waals surface area contributed by atoms with Crippen LogP contribution in [-0.4, -0.2) is 50.1 Å². The van der Waals surface area contributed by atoms with Crippen LogP contribution in [0.5, 0.6) is 0 Å². The maximum atomic E-state index is 12.9. The second-order valence-electron chi connectivity index (χ2n) is 5.25. The topological polar surface area (TPSA) is 55.8 Å². The van der Waals surface area contributed by atoms with Crippen LogP contribution in [-0.2, 0) is 19.1 Å². The summed E-state index contributed by atoms with van der Waals surface area (Å²) < 4.78 is 11.0. The minimum Gasteiger partial charge on any atom is -0.466 e. The molecule has 0 spiro atoms. The molecule has 0 N–H and O–H groups in total. The van der Waals surface area contributed by atoms with Gasteiger partial charge in [-0.25, -0.2) is 4.79 Å². The Morgan fingerprint density at radius 2 is 1.96 bits per heavy atom. The van der Waals surface area contributed by atoms with Gasteiger partial charge in [-0.2, -0.15) is 0 Å². The number of halogens is 1. The molecule has 7 heteroatoms. The van der Waals surface area contributed by atoms with E-state index < -0.39 is 5.97 Å². The summed E-state index contributed by atoms with van der Waals surface area (Å²) in [7, 11) is 1.30. The van der Waals surface area contributed by atoms with Crippen LogP contribution in [0.15, 0.2) is 44.7 Å². The van der Waals surface area contributed by atoms with Gasteiger partial charge < -0.3 is 14.4 Å². The third-order valence-electron chi connectivity index (χ3n) is 3.75. The van der Waals surface area contributed by atoms with Gasteiger partial charge in [-0.15, -0.1) is 0 Å². The molecule has 0 bridgehead atoms. The fraction of sp³-hybridized carbons (Fsp3) is 0.294. The van der Waals surface area contributed by atoms with Crippen molar-refractivity contribution < 1.29 is 19.1 Å². The standard InChI is InChI=1S/C17H16BrNO4S/c1-22-14(20)10-13-16(21)15(11-2-4-12(18)5-3-11)17(24-13)19-6-8-23-9-7-19/h2-5,10H,6-9H2,1H3/b13-10-. The zero-order chi connectivity index (χ0) is 17.1. The molecule has 24 heavy (non-hydrogen) atoms. The lowest BCUT2D eigenvalue weighted by Gasteiger charge is -2.29. The summed E-state index contributed by atoms with van der Waals surface area (Å²) in [6, 6.07) is 7.61. The minimum atomic E-state index is -0.524. The number of allylic oxidation sites excluding steroid dienone is 2. The van der Waals surface area contributed by atoms with Gasteiger partial charge in [-0.1, -0.05) is 39.8 Å². The lowest BCUT2D eigenvalue weighted by molar-refractivity contribution is -0.135. The van der Waals surface area contributed by atoms with E-state index in [4.69, 9.17) is 4.74 Å². The Morgan fingerprint density at radius 1 is 1.29 bits per heavy atom. The Kier molecular flexibility index (Phi) is 5.43. The van der Waals surface area contributed by atoms with Crippen molar-refractivity contribution in [1.82, 2.24) is 4.90 Å². The van der Waals surface area contributed by atoms with Crippen LogP contribution in [0.1, 0.15) is 5.56 Å². The molecule has 0 atom stereocenters. The lowest BCUT2D eigenvalue weighted by Crippen LogP contribution is -2.34. The second-order valence-corrected chi connectivity index (χ2v) is 7.20. The zero-order valence-electron chi connectivity index (χ0n) is 13.1. The molecule has 1 aromatic rings. The number of hydrogen-bond acceptors (Lipinski definition) is 6. The van der Waals surface area contributed by atoms with Gasteiger partial charge in [0.05, 0.1) is 35.8 Å². The summed E-state index contributed by atoms with van der Waals surface area (Å²) in [4.78, 5) is 27.0. The van der Waals surface area contributed by atoms with E-state index in [1.165, 1.54) is 24.9 Å². The molecule has 0 radical (unpaired) electrons. The van der Waals surface area contributed by atoms with Crippen LogP contribution >= 0.6 is 27.7 Å². The van der Waals surface area contributed by atoms with Crippen molar-refractivity contribution in [2.75, 3.05) is 33.4 Å². The number of carbonyl (C=O) groups is 2. The molecule has 0 aliphatic carbocycles. The minimum absolute atomic E-state index is 0.144. The molecule has 2 aliphatic rings. The summed E-state index contributed by atoms with van der Waals surface area (Å²) in [6.45, 7) is 2.70. The zero-order valence-corrected chi connectivity index (χ0v) is 15.5. The van der Waals surface area contributed by atoms with Crippen LogP contribution in [0.3, 0.4) is 0 Å². The number of Topliss-reactive ketones (excluding diaryl/α,β-unsaturated/α-hetero) is 1. The Morgan fingerprint density at radius 3 is 2.58 bits per heavy atom. The van der Waals surface area contributed by atoms with Gasteiger partial charge >= 0.3 is 5.97 Å². The van der Waals surface area contributed by atoms with Crippen LogP contribution in [0.2, 0.25) is 0 Å². The molecular formula is C17H16BrNO4S. The highest BCUT2D eigenvalue weighted by Crippen LogP contribution is 2.44. The molecule has 2 heterocycles. The number of morpholine rings is 1. The van der Waals surface area contributed by atoms with Crippen LogP contribution in [0.4, 0.5) is 0 Å². The van der Waals surface area contributed by atoms with E-state index in [9.17, 15) is 9.59 Å². The predicted octanol–water partition coefficient (Wildman–Crippen LogP) is 2.82. The Labute approximate surface area is 152 Å². The molecule has 0 unspecified atom stereocenters. The smallest absolute Gasteiger partial charge is 0.331 e. The first-order valence-corrected chi connectivity index (χ1v) is 9.06. The van der Waals surface area contributed by atoms with E-state index in [0.29, 0.717) is 23.7 Å². The summed E-state index contributed by atoms with van der Waals surface area (Å²) >= 11 is 4.73. The number of benzene rings is 1. The van der Waals surface area contributed by atoms with Crippen molar-refractivity contribution in [1.29, 1.82) is 0 Å². The van der Waals surface area contributed by atoms with Gasteiger partial charge in [0.1, 0.15) is 0 Å². The maximum absolute atomic E-state index is 12.9. The first-order valence-electron chi connectivity index (χ1n) is 7.45. The quantitative estimate of drug-likeness (QED) is 0.565. The van der Waals surface area contributed by atoms with Crippen molar-refractivity contribution >= 4 is 45.0 Å². The number of rotatable bonds is 3. The molecule has 0 aromatic heterocycles. The highest BCUT2D eigenvalue weighted by Gasteiger charge is 2.34. The molecule has 3 rings (SSSR count). The fourth-order valence-corrected chi connectivity index (χ4v) is 3.99. The average Bonchev–Trinajstić information content (AvgIpc) is 2.93. The number of nitrogens with zero attached hydrogens (tertiary/aromatic N) is 1. The lowest BCUT2D eigenvalue weighted by atomic mass is 10.0. The number of thioether (sulfide) groups is 1. The number of ether oxygens (including phenoxy) is 2. The van der Waals surface area contributed by atoms with Crippen molar-refractivity contribution in [3.63, 3.8) is 0 Å². The molecule has 126 valence electrons. The Balaban J connectivity index is 2.02. The number of carbonyl (C=O) groups excluding carboxylic acids is 2. The number of hydrogen-bond donors (Lipinski definition) is 0. The first-order chi connectivity index (χ1) is 11.6. The van der Waals surface area contributed by atoms with E-state index in [1.54, 1.807) is 0 Å². The van der Waals surface area contributed by atoms with Gasteiger partial charge in [0.15, 0.2) is 0 Å². The van der Waals surface area contributed by atoms with Gasteiger partial charge in [0.2, 0.25) is 5.78 Å². The molecule has 2 aliphatic heterocycles.